The Hall–Kier alpha value is -2.13. The molecule has 3 rings (SSSR count). The van der Waals surface area contributed by atoms with Crippen LogP contribution >= 0.6 is 23.2 Å². The van der Waals surface area contributed by atoms with Crippen LogP contribution in [-0.2, 0) is 24.2 Å². The first-order valence-electron chi connectivity index (χ1n) is 12.3. The van der Waals surface area contributed by atoms with Crippen LogP contribution in [0.4, 0.5) is 0 Å². The van der Waals surface area contributed by atoms with Gasteiger partial charge in [0.25, 0.3) is 5.91 Å². The van der Waals surface area contributed by atoms with Crippen LogP contribution in [0.25, 0.3) is 0 Å². The highest BCUT2D eigenvalue weighted by molar-refractivity contribution is 7.92. The maximum Gasteiger partial charge on any atom is 0.306 e. The summed E-state index contributed by atoms with van der Waals surface area (Å²) in [5, 5.41) is 9.87. The monoisotopic (exact) mass is 569 g/mol. The van der Waals surface area contributed by atoms with Crippen molar-refractivity contribution in [2.45, 2.75) is 70.1 Å². The van der Waals surface area contributed by atoms with E-state index in [9.17, 15) is 23.1 Å². The molecule has 0 aromatic heterocycles. The van der Waals surface area contributed by atoms with Crippen LogP contribution in [0.1, 0.15) is 63.8 Å². The fourth-order valence-electron chi connectivity index (χ4n) is 4.63. The standard InChI is InChI=1S/C27H33Cl2NO6S/c1-5-22(15-37(34,35)17(4)16(2)3)30-25(18-9-11-20(28)12-10-18)26(19-7-6-8-21(29)13-19)36-23(27(30)33)14-24(31)32/h6-13,16-17,22-23,25-26H,5,14-15H2,1-4H3,(H,31,32)/t17?,22?,23-,25+,26+/m0/s1. The van der Waals surface area contributed by atoms with Crippen LogP contribution in [0.2, 0.25) is 10.0 Å². The van der Waals surface area contributed by atoms with Crippen molar-refractivity contribution in [1.82, 2.24) is 4.90 Å². The molecule has 1 aliphatic heterocycles. The molecule has 7 nitrogen and oxygen atoms in total. The second-order valence-electron chi connectivity index (χ2n) is 9.78. The maximum atomic E-state index is 13.8. The van der Waals surface area contributed by atoms with Gasteiger partial charge in [-0.25, -0.2) is 8.42 Å². The summed E-state index contributed by atoms with van der Waals surface area (Å²) in [7, 11) is -3.58. The highest BCUT2D eigenvalue weighted by atomic mass is 35.5. The molecular weight excluding hydrogens is 537 g/mol. The van der Waals surface area contributed by atoms with E-state index in [1.165, 1.54) is 4.90 Å². The lowest BCUT2D eigenvalue weighted by Crippen LogP contribution is -2.57. The highest BCUT2D eigenvalue weighted by Gasteiger charge is 2.48. The Morgan fingerprint density at radius 2 is 1.70 bits per heavy atom. The smallest absolute Gasteiger partial charge is 0.306 e. The van der Waals surface area contributed by atoms with Crippen molar-refractivity contribution in [3.8, 4) is 0 Å². The zero-order valence-corrected chi connectivity index (χ0v) is 23.6. The van der Waals surface area contributed by atoms with Crippen LogP contribution in [0.5, 0.6) is 0 Å². The van der Waals surface area contributed by atoms with Crippen molar-refractivity contribution < 1.29 is 27.9 Å². The third-order valence-corrected chi connectivity index (χ3v) is 9.98. The van der Waals surface area contributed by atoms with Gasteiger partial charge in [0.1, 0.15) is 12.2 Å². The third kappa shape index (κ3) is 6.85. The van der Waals surface area contributed by atoms with Gasteiger partial charge in [-0.15, -0.1) is 0 Å². The summed E-state index contributed by atoms with van der Waals surface area (Å²) >= 11 is 12.4. The zero-order valence-electron chi connectivity index (χ0n) is 21.3. The van der Waals surface area contributed by atoms with E-state index in [4.69, 9.17) is 27.9 Å². The number of morpholine rings is 1. The SMILES string of the molecule is CCC(CS(=O)(=O)C(C)C(C)C)N1C(=O)[C@H](CC(=O)O)O[C@H](c2cccc(Cl)c2)[C@H]1c1ccc(Cl)cc1. The Labute approximate surface area is 228 Å². The van der Waals surface area contributed by atoms with Crippen LogP contribution < -0.4 is 0 Å². The van der Waals surface area contributed by atoms with E-state index in [0.717, 1.165) is 0 Å². The molecule has 1 aliphatic rings. The molecule has 2 unspecified atom stereocenters. The molecule has 202 valence electrons. The molecule has 1 heterocycles. The normalized spacial score (nSPS) is 22.2. The number of nitrogens with zero attached hydrogens (tertiary/aromatic N) is 1. The lowest BCUT2D eigenvalue weighted by molar-refractivity contribution is -0.182. The van der Waals surface area contributed by atoms with Crippen molar-refractivity contribution in [3.05, 3.63) is 69.7 Å². The maximum absolute atomic E-state index is 13.8. The largest absolute Gasteiger partial charge is 0.481 e. The number of carbonyl (C=O) groups excluding carboxylic acids is 1. The Bertz CT molecular complexity index is 1220. The molecule has 0 aliphatic carbocycles. The number of sulfone groups is 1. The first-order chi connectivity index (χ1) is 17.4. The molecule has 2 aromatic rings. The van der Waals surface area contributed by atoms with Gasteiger partial charge in [0.2, 0.25) is 0 Å². The van der Waals surface area contributed by atoms with Crippen LogP contribution in [0.15, 0.2) is 48.5 Å². The predicted octanol–water partition coefficient (Wildman–Crippen LogP) is 5.72. The van der Waals surface area contributed by atoms with Crippen LogP contribution in [0.3, 0.4) is 0 Å². The van der Waals surface area contributed by atoms with Gasteiger partial charge < -0.3 is 14.7 Å². The number of halogens is 2. The number of ether oxygens (including phenoxy) is 1. The summed E-state index contributed by atoms with van der Waals surface area (Å²) in [4.78, 5) is 27.0. The van der Waals surface area contributed by atoms with Crippen molar-refractivity contribution in [1.29, 1.82) is 0 Å². The van der Waals surface area contributed by atoms with E-state index < -0.39 is 57.7 Å². The van der Waals surface area contributed by atoms with Crippen LogP contribution in [-0.4, -0.2) is 53.4 Å². The minimum atomic E-state index is -3.58. The lowest BCUT2D eigenvalue weighted by atomic mass is 9.89. The van der Waals surface area contributed by atoms with Gasteiger partial charge in [0.05, 0.1) is 23.5 Å². The number of aliphatic carboxylic acids is 1. The molecule has 1 fully saturated rings. The van der Waals surface area contributed by atoms with Gasteiger partial charge in [-0.1, -0.05) is 68.2 Å². The summed E-state index contributed by atoms with van der Waals surface area (Å²) in [5.74, 6) is -2.10. The van der Waals surface area contributed by atoms with E-state index in [0.29, 0.717) is 27.6 Å². The second-order valence-corrected chi connectivity index (χ2v) is 13.1. The molecule has 0 bridgehead atoms. The first kappa shape index (κ1) is 29.4. The number of amides is 1. The molecule has 1 amide bonds. The van der Waals surface area contributed by atoms with Gasteiger partial charge in [0, 0.05) is 16.1 Å². The number of carboxylic acids is 1. The summed E-state index contributed by atoms with van der Waals surface area (Å²) < 4.78 is 32.8. The summed E-state index contributed by atoms with van der Waals surface area (Å²) in [6.45, 7) is 7.18. The number of benzene rings is 2. The molecule has 37 heavy (non-hydrogen) atoms. The summed E-state index contributed by atoms with van der Waals surface area (Å²) in [5.41, 5.74) is 1.33. The molecule has 0 spiro atoms. The number of carboxylic acid groups (broad SMARTS) is 1. The summed E-state index contributed by atoms with van der Waals surface area (Å²) in [6.07, 6.45) is -2.28. The van der Waals surface area contributed by atoms with E-state index in [1.54, 1.807) is 55.5 Å². The van der Waals surface area contributed by atoms with Crippen molar-refractivity contribution in [3.63, 3.8) is 0 Å². The van der Waals surface area contributed by atoms with Crippen molar-refractivity contribution >= 4 is 44.9 Å². The fraction of sp³-hybridized carbons (Fsp3) is 0.481. The first-order valence-corrected chi connectivity index (χ1v) is 14.7. The van der Waals surface area contributed by atoms with Crippen molar-refractivity contribution in [2.75, 3.05) is 5.75 Å². The van der Waals surface area contributed by atoms with Gasteiger partial charge in [-0.3, -0.25) is 9.59 Å². The molecule has 1 saturated heterocycles. The van der Waals surface area contributed by atoms with E-state index >= 15 is 0 Å². The number of hydrogen-bond acceptors (Lipinski definition) is 5. The minimum absolute atomic E-state index is 0.103. The fourth-order valence-corrected chi connectivity index (χ4v) is 7.02. The van der Waals surface area contributed by atoms with Crippen LogP contribution in [0, 0.1) is 5.92 Å². The van der Waals surface area contributed by atoms with Crippen molar-refractivity contribution in [2.24, 2.45) is 5.92 Å². The third-order valence-electron chi connectivity index (χ3n) is 6.97. The molecule has 10 heteroatoms. The summed E-state index contributed by atoms with van der Waals surface area (Å²) in [6, 6.07) is 12.4. The topological polar surface area (TPSA) is 101 Å². The van der Waals surface area contributed by atoms with Gasteiger partial charge >= 0.3 is 5.97 Å². The molecule has 2 aromatic carbocycles. The molecule has 0 radical (unpaired) electrons. The van der Waals surface area contributed by atoms with Gasteiger partial charge in [-0.2, -0.15) is 0 Å². The average molecular weight is 571 g/mol. The predicted molar refractivity (Wildman–Crippen MR) is 145 cm³/mol. The Balaban J connectivity index is 2.19. The molecule has 0 saturated carbocycles. The van der Waals surface area contributed by atoms with Gasteiger partial charge in [0.15, 0.2) is 9.84 Å². The second kappa shape index (κ2) is 12.2. The highest BCUT2D eigenvalue weighted by Crippen LogP contribution is 2.45. The zero-order chi connectivity index (χ0) is 27.5. The average Bonchev–Trinajstić information content (AvgIpc) is 2.83. The quantitative estimate of drug-likeness (QED) is 0.393. The molecular formula is C27H33Cl2NO6S. The Kier molecular flexibility index (Phi) is 9.67. The van der Waals surface area contributed by atoms with E-state index in [2.05, 4.69) is 0 Å². The molecule has 1 N–H and O–H groups in total. The lowest BCUT2D eigenvalue weighted by Gasteiger charge is -2.48. The minimum Gasteiger partial charge on any atom is -0.481 e. The van der Waals surface area contributed by atoms with E-state index in [-0.39, 0.29) is 11.7 Å². The number of rotatable bonds is 10. The number of hydrogen-bond donors (Lipinski definition) is 1. The Morgan fingerprint density at radius 1 is 1.05 bits per heavy atom. The van der Waals surface area contributed by atoms with Gasteiger partial charge in [-0.05, 0) is 54.7 Å². The molecule has 5 atom stereocenters. The van der Waals surface area contributed by atoms with E-state index in [1.807, 2.05) is 20.8 Å². The number of carbonyl (C=O) groups is 2. The Morgan fingerprint density at radius 3 is 2.24 bits per heavy atom.